The maximum absolute atomic E-state index is 13.9. The standard InChI is InChI=1S/C34H33N3O8Si/c1-19(45-46(3,4)5)29-28-16-26(31(36(28)33(29)39)34(40)44-18-20-10-12-23(13-11-20)37(41)42)21-14-22(17-35-43-2)30-27(15-21)24-8-6-7-9-25(24)32(30)38/h6-15,17,19,28-29H,16,18H2,1-5H3/t19-,28-,29-/m1/s1. The summed E-state index contributed by atoms with van der Waals surface area (Å²) in [5, 5.41) is 15.0. The molecule has 1 aliphatic carbocycles. The Bertz CT molecular complexity index is 1840. The zero-order valence-corrected chi connectivity index (χ0v) is 27.1. The molecule has 11 nitrogen and oxygen atoms in total. The summed E-state index contributed by atoms with van der Waals surface area (Å²) in [4.78, 5) is 58.0. The molecule has 6 rings (SSSR count). The second-order valence-electron chi connectivity index (χ2n) is 12.5. The number of benzene rings is 3. The number of ketones is 1. The first-order valence-corrected chi connectivity index (χ1v) is 18.3. The second kappa shape index (κ2) is 11.8. The fourth-order valence-electron chi connectivity index (χ4n) is 6.63. The SMILES string of the molecule is CON=Cc1cc(C2=C(C(=O)OCc3ccc([N+](=O)[O-])cc3)N3C(=O)[C@H]([C@@H](C)O[Si](C)(C)C)[C@H]3C2)cc2c1C(=O)c1ccccc1-2. The summed E-state index contributed by atoms with van der Waals surface area (Å²) in [6.45, 7) is 7.96. The summed E-state index contributed by atoms with van der Waals surface area (Å²) >= 11 is 0. The van der Waals surface area contributed by atoms with Gasteiger partial charge in [0.25, 0.3) is 5.69 Å². The van der Waals surface area contributed by atoms with Crippen LogP contribution in [-0.2, 0) is 30.2 Å². The van der Waals surface area contributed by atoms with E-state index < -0.39 is 25.1 Å². The van der Waals surface area contributed by atoms with Crippen molar-refractivity contribution in [1.82, 2.24) is 4.90 Å². The lowest BCUT2D eigenvalue weighted by Gasteiger charge is -2.47. The highest BCUT2D eigenvalue weighted by Crippen LogP contribution is 2.49. The Balaban J connectivity index is 1.42. The predicted molar refractivity (Wildman–Crippen MR) is 172 cm³/mol. The van der Waals surface area contributed by atoms with E-state index >= 15 is 0 Å². The number of nitrogens with zero attached hydrogens (tertiary/aromatic N) is 3. The lowest BCUT2D eigenvalue weighted by atomic mass is 9.82. The minimum atomic E-state index is -1.97. The maximum atomic E-state index is 13.9. The molecule has 236 valence electrons. The molecule has 46 heavy (non-hydrogen) atoms. The Hall–Kier alpha value is -4.94. The molecule has 0 N–H and O–H groups in total. The molecular formula is C34H33N3O8Si. The number of β-lactam (4-membered cyclic amide) rings is 1. The number of ether oxygens (including phenoxy) is 1. The van der Waals surface area contributed by atoms with Crippen molar-refractivity contribution in [3.63, 3.8) is 0 Å². The van der Waals surface area contributed by atoms with E-state index in [2.05, 4.69) is 24.8 Å². The van der Waals surface area contributed by atoms with Gasteiger partial charge >= 0.3 is 5.97 Å². The number of fused-ring (bicyclic) bond motifs is 4. The van der Waals surface area contributed by atoms with Crippen LogP contribution in [0.2, 0.25) is 19.6 Å². The Labute approximate surface area is 266 Å². The molecule has 0 saturated carbocycles. The smallest absolute Gasteiger partial charge is 0.355 e. The van der Waals surface area contributed by atoms with Gasteiger partial charge in [0, 0.05) is 28.8 Å². The number of carbonyl (C=O) groups excluding carboxylic acids is 3. The minimum absolute atomic E-state index is 0.0740. The van der Waals surface area contributed by atoms with Crippen LogP contribution in [0.25, 0.3) is 16.7 Å². The topological polar surface area (TPSA) is 138 Å². The average Bonchev–Trinajstić information content (AvgIpc) is 3.50. The van der Waals surface area contributed by atoms with Crippen LogP contribution < -0.4 is 0 Å². The average molecular weight is 640 g/mol. The monoisotopic (exact) mass is 639 g/mol. The first kappa shape index (κ1) is 31.1. The van der Waals surface area contributed by atoms with Gasteiger partial charge in [-0.3, -0.25) is 19.7 Å². The van der Waals surface area contributed by atoms with E-state index in [1.54, 1.807) is 12.1 Å². The van der Waals surface area contributed by atoms with Crippen LogP contribution in [0.1, 0.15) is 46.0 Å². The number of nitro groups is 1. The van der Waals surface area contributed by atoms with Gasteiger partial charge in [-0.1, -0.05) is 29.4 Å². The quantitative estimate of drug-likeness (QED) is 0.0537. The van der Waals surface area contributed by atoms with Gasteiger partial charge in [0.05, 0.1) is 29.2 Å². The van der Waals surface area contributed by atoms with Crippen molar-refractivity contribution in [1.29, 1.82) is 0 Å². The first-order chi connectivity index (χ1) is 21.9. The lowest BCUT2D eigenvalue weighted by Crippen LogP contribution is -2.63. The normalized spacial score (nSPS) is 19.1. The number of carbonyl (C=O) groups is 3. The van der Waals surface area contributed by atoms with E-state index in [0.29, 0.717) is 45.4 Å². The molecule has 3 atom stereocenters. The number of esters is 1. The van der Waals surface area contributed by atoms with Gasteiger partial charge in [-0.15, -0.1) is 0 Å². The number of non-ortho nitro benzene ring substituents is 1. The number of rotatable bonds is 10. The zero-order valence-electron chi connectivity index (χ0n) is 26.1. The van der Waals surface area contributed by atoms with Gasteiger partial charge in [-0.05, 0) is 85.1 Å². The van der Waals surface area contributed by atoms with Gasteiger partial charge in [0.1, 0.15) is 19.4 Å². The van der Waals surface area contributed by atoms with Crippen LogP contribution in [0.15, 0.2) is 71.5 Å². The molecule has 0 radical (unpaired) electrons. The molecular weight excluding hydrogens is 606 g/mol. The largest absolute Gasteiger partial charge is 0.456 e. The summed E-state index contributed by atoms with van der Waals surface area (Å²) < 4.78 is 12.0. The van der Waals surface area contributed by atoms with Crippen LogP contribution in [0.4, 0.5) is 5.69 Å². The molecule has 0 bridgehead atoms. The van der Waals surface area contributed by atoms with Crippen molar-refractivity contribution >= 4 is 43.5 Å². The zero-order chi connectivity index (χ0) is 32.9. The number of oxime groups is 1. The molecule has 3 aliphatic rings. The fourth-order valence-corrected chi connectivity index (χ4v) is 7.89. The van der Waals surface area contributed by atoms with Gasteiger partial charge in [-0.2, -0.15) is 0 Å². The lowest BCUT2D eigenvalue weighted by molar-refractivity contribution is -0.384. The number of hydrogen-bond acceptors (Lipinski definition) is 9. The maximum Gasteiger partial charge on any atom is 0.355 e. The van der Waals surface area contributed by atoms with Crippen molar-refractivity contribution in [3.8, 4) is 11.1 Å². The van der Waals surface area contributed by atoms with E-state index in [0.717, 1.165) is 5.56 Å². The molecule has 2 heterocycles. The van der Waals surface area contributed by atoms with Gasteiger partial charge in [-0.25, -0.2) is 4.79 Å². The Morgan fingerprint density at radius 2 is 1.78 bits per heavy atom. The Morgan fingerprint density at radius 1 is 1.09 bits per heavy atom. The van der Waals surface area contributed by atoms with Crippen molar-refractivity contribution in [2.75, 3.05) is 7.11 Å². The van der Waals surface area contributed by atoms with Crippen LogP contribution in [0, 0.1) is 16.0 Å². The highest BCUT2D eigenvalue weighted by Gasteiger charge is 2.58. The molecule has 1 fully saturated rings. The molecule has 3 aromatic carbocycles. The Kier molecular flexibility index (Phi) is 7.95. The van der Waals surface area contributed by atoms with Crippen molar-refractivity contribution in [2.24, 2.45) is 11.1 Å². The highest BCUT2D eigenvalue weighted by atomic mass is 28.4. The summed E-state index contributed by atoms with van der Waals surface area (Å²) in [7, 11) is -0.556. The van der Waals surface area contributed by atoms with E-state index in [1.807, 2.05) is 31.2 Å². The fraction of sp³-hybridized carbons (Fsp3) is 0.294. The molecule has 2 aliphatic heterocycles. The van der Waals surface area contributed by atoms with Crippen LogP contribution in [-0.4, -0.2) is 61.3 Å². The summed E-state index contributed by atoms with van der Waals surface area (Å²) in [5.74, 6) is -1.47. The molecule has 12 heteroatoms. The molecule has 3 aromatic rings. The van der Waals surface area contributed by atoms with Crippen LogP contribution >= 0.6 is 0 Å². The molecule has 1 amide bonds. The minimum Gasteiger partial charge on any atom is -0.456 e. The number of nitro benzene ring substituents is 1. The van der Waals surface area contributed by atoms with Gasteiger partial charge in [0.15, 0.2) is 14.1 Å². The van der Waals surface area contributed by atoms with E-state index in [-0.39, 0.29) is 41.8 Å². The molecule has 0 aromatic heterocycles. The summed E-state index contributed by atoms with van der Waals surface area (Å²) in [6.07, 6.45) is 1.51. The van der Waals surface area contributed by atoms with Crippen molar-refractivity contribution in [3.05, 3.63) is 104 Å². The number of amides is 1. The van der Waals surface area contributed by atoms with Crippen LogP contribution in [0.5, 0.6) is 0 Å². The predicted octanol–water partition coefficient (Wildman–Crippen LogP) is 5.71. The first-order valence-electron chi connectivity index (χ1n) is 14.9. The highest BCUT2D eigenvalue weighted by molar-refractivity contribution is 6.69. The van der Waals surface area contributed by atoms with Gasteiger partial charge < -0.3 is 18.9 Å². The van der Waals surface area contributed by atoms with E-state index in [4.69, 9.17) is 14.0 Å². The summed E-state index contributed by atoms with van der Waals surface area (Å²) in [5.41, 5.74) is 4.95. The van der Waals surface area contributed by atoms with Crippen LogP contribution in [0.3, 0.4) is 0 Å². The van der Waals surface area contributed by atoms with E-state index in [1.165, 1.54) is 42.5 Å². The third-order valence-electron chi connectivity index (χ3n) is 8.47. The second-order valence-corrected chi connectivity index (χ2v) is 17.0. The molecule has 0 spiro atoms. The molecule has 1 saturated heterocycles. The van der Waals surface area contributed by atoms with Crippen molar-refractivity contribution < 1.29 is 33.3 Å². The van der Waals surface area contributed by atoms with Crippen molar-refractivity contribution in [2.45, 2.75) is 51.7 Å². The third kappa shape index (κ3) is 5.43. The third-order valence-corrected chi connectivity index (χ3v) is 9.55. The van der Waals surface area contributed by atoms with E-state index in [9.17, 15) is 24.5 Å². The number of hydrogen-bond donors (Lipinski definition) is 0. The summed E-state index contributed by atoms with van der Waals surface area (Å²) in [6, 6.07) is 16.4. The van der Waals surface area contributed by atoms with Gasteiger partial charge in [0.2, 0.25) is 5.91 Å². The Morgan fingerprint density at radius 3 is 2.43 bits per heavy atom. The molecule has 0 unspecified atom stereocenters.